The summed E-state index contributed by atoms with van der Waals surface area (Å²) >= 11 is 0. The van der Waals surface area contributed by atoms with Crippen molar-refractivity contribution in [2.45, 2.75) is 19.5 Å². The Kier molecular flexibility index (Phi) is 6.01. The quantitative estimate of drug-likeness (QED) is 0.698. The van der Waals surface area contributed by atoms with E-state index in [2.05, 4.69) is 9.97 Å². The number of halogens is 3. The molecule has 2 unspecified atom stereocenters. The van der Waals surface area contributed by atoms with Crippen LogP contribution in [0.4, 0.5) is 18.9 Å². The molecular formula is C23H24F3N5O2. The van der Waals surface area contributed by atoms with E-state index in [9.17, 15) is 18.0 Å². The van der Waals surface area contributed by atoms with Gasteiger partial charge in [0, 0.05) is 56.5 Å². The fraction of sp³-hybridized carbons (Fsp3) is 0.478. The summed E-state index contributed by atoms with van der Waals surface area (Å²) in [5, 5.41) is 9.06. The highest BCUT2D eigenvalue weighted by Gasteiger charge is 2.51. The minimum Gasteiger partial charge on any atom is -0.384 e. The number of amides is 1. The minimum absolute atomic E-state index is 0.0125. The molecule has 1 aromatic carbocycles. The van der Waals surface area contributed by atoms with Crippen molar-refractivity contribution in [1.82, 2.24) is 14.9 Å². The van der Waals surface area contributed by atoms with Gasteiger partial charge in [-0.2, -0.15) is 18.4 Å². The third-order valence-electron chi connectivity index (χ3n) is 6.65. The first-order valence-corrected chi connectivity index (χ1v) is 10.6. The first-order valence-electron chi connectivity index (χ1n) is 10.6. The fourth-order valence-corrected chi connectivity index (χ4v) is 4.92. The van der Waals surface area contributed by atoms with Gasteiger partial charge in [-0.15, -0.1) is 0 Å². The first kappa shape index (κ1) is 23.0. The molecule has 2 aromatic rings. The Hall–Kier alpha value is -3.19. The summed E-state index contributed by atoms with van der Waals surface area (Å²) in [6.45, 7) is 4.20. The second-order valence-corrected chi connectivity index (χ2v) is 8.76. The highest BCUT2D eigenvalue weighted by molar-refractivity contribution is 5.92. The number of likely N-dealkylation sites (tertiary alicyclic amines) is 1. The fourth-order valence-electron chi connectivity index (χ4n) is 4.92. The number of methoxy groups -OCH3 is 1. The van der Waals surface area contributed by atoms with Crippen molar-refractivity contribution in [2.75, 3.05) is 44.8 Å². The zero-order valence-corrected chi connectivity index (χ0v) is 18.4. The van der Waals surface area contributed by atoms with Crippen LogP contribution in [0.1, 0.15) is 33.7 Å². The van der Waals surface area contributed by atoms with Crippen LogP contribution >= 0.6 is 0 Å². The topological polar surface area (TPSA) is 82.4 Å². The standard InChI is InChI=1S/C23H24F3N5O2/c1-15-9-29-20(10-28-15)21(32)31-12-17-11-30(6-5-22(17,13-31)14-33-2)18-4-3-16(8-27)19(7-18)23(24,25)26/h3-4,7,9-10,17H,5-6,11-14H2,1-2H3. The first-order chi connectivity index (χ1) is 15.7. The lowest BCUT2D eigenvalue weighted by molar-refractivity contribution is -0.137. The largest absolute Gasteiger partial charge is 0.417 e. The number of alkyl halides is 3. The van der Waals surface area contributed by atoms with Crippen molar-refractivity contribution in [3.05, 3.63) is 53.1 Å². The van der Waals surface area contributed by atoms with E-state index in [1.165, 1.54) is 12.3 Å². The van der Waals surface area contributed by atoms with Crippen LogP contribution in [0.15, 0.2) is 30.6 Å². The SMILES string of the molecule is COCC12CCN(c3ccc(C#N)c(C(F)(F)F)c3)CC1CN(C(=O)c1cnc(C)cn1)C2. The number of nitriles is 1. The number of carbonyl (C=O) groups excluding carboxylic acids is 1. The number of carbonyl (C=O) groups is 1. The van der Waals surface area contributed by atoms with E-state index in [0.717, 1.165) is 6.07 Å². The number of nitrogens with zero attached hydrogens (tertiary/aromatic N) is 5. The smallest absolute Gasteiger partial charge is 0.384 e. The number of piperidine rings is 1. The van der Waals surface area contributed by atoms with Crippen LogP contribution < -0.4 is 4.90 Å². The van der Waals surface area contributed by atoms with Gasteiger partial charge in [-0.05, 0) is 31.5 Å². The van der Waals surface area contributed by atoms with Crippen molar-refractivity contribution >= 4 is 11.6 Å². The van der Waals surface area contributed by atoms with Crippen molar-refractivity contribution in [3.8, 4) is 6.07 Å². The summed E-state index contributed by atoms with van der Waals surface area (Å²) in [6, 6.07) is 5.43. The number of aromatic nitrogens is 2. The number of benzene rings is 1. The van der Waals surface area contributed by atoms with E-state index in [-0.39, 0.29) is 22.9 Å². The van der Waals surface area contributed by atoms with Crippen molar-refractivity contribution in [1.29, 1.82) is 5.26 Å². The summed E-state index contributed by atoms with van der Waals surface area (Å²) in [5.74, 6) is -0.199. The normalized spacial score (nSPS) is 22.7. The number of ether oxygens (including phenoxy) is 1. The number of anilines is 1. The summed E-state index contributed by atoms with van der Waals surface area (Å²) in [6.07, 6.45) is -0.935. The molecule has 10 heteroatoms. The molecule has 4 rings (SSSR count). The molecule has 3 heterocycles. The maximum absolute atomic E-state index is 13.4. The lowest BCUT2D eigenvalue weighted by atomic mass is 9.73. The van der Waals surface area contributed by atoms with Crippen molar-refractivity contribution < 1.29 is 22.7 Å². The molecule has 2 aliphatic heterocycles. The predicted octanol–water partition coefficient (Wildman–Crippen LogP) is 3.29. The second-order valence-electron chi connectivity index (χ2n) is 8.76. The van der Waals surface area contributed by atoms with Crippen molar-refractivity contribution in [2.24, 2.45) is 11.3 Å². The Morgan fingerprint density at radius 3 is 2.73 bits per heavy atom. The number of hydrogen-bond acceptors (Lipinski definition) is 6. The Balaban J connectivity index is 1.58. The van der Waals surface area contributed by atoms with Crippen LogP contribution in [-0.4, -0.2) is 60.7 Å². The number of hydrogen-bond donors (Lipinski definition) is 0. The lowest BCUT2D eigenvalue weighted by Gasteiger charge is -2.44. The van der Waals surface area contributed by atoms with Gasteiger partial charge in [-0.25, -0.2) is 4.98 Å². The molecular weight excluding hydrogens is 435 g/mol. The third kappa shape index (κ3) is 4.37. The molecule has 33 heavy (non-hydrogen) atoms. The third-order valence-corrected chi connectivity index (χ3v) is 6.65. The average Bonchev–Trinajstić information content (AvgIpc) is 3.17. The average molecular weight is 459 g/mol. The van der Waals surface area contributed by atoms with Crippen molar-refractivity contribution in [3.63, 3.8) is 0 Å². The summed E-state index contributed by atoms with van der Waals surface area (Å²) < 4.78 is 45.8. The second kappa shape index (κ2) is 8.63. The van der Waals surface area contributed by atoms with Crippen LogP contribution in [0.3, 0.4) is 0 Å². The summed E-state index contributed by atoms with van der Waals surface area (Å²) in [4.78, 5) is 25.0. The zero-order chi connectivity index (χ0) is 23.8. The van der Waals surface area contributed by atoms with E-state index in [1.54, 1.807) is 37.3 Å². The highest BCUT2D eigenvalue weighted by Crippen LogP contribution is 2.45. The lowest BCUT2D eigenvalue weighted by Crippen LogP contribution is -2.49. The molecule has 0 saturated carbocycles. The van der Waals surface area contributed by atoms with E-state index in [1.807, 2.05) is 4.90 Å². The minimum atomic E-state index is -4.61. The van der Waals surface area contributed by atoms with Gasteiger partial charge in [0.15, 0.2) is 0 Å². The van der Waals surface area contributed by atoms with Gasteiger partial charge in [0.05, 0.1) is 35.7 Å². The molecule has 7 nitrogen and oxygen atoms in total. The van der Waals surface area contributed by atoms with Crippen LogP contribution in [0.5, 0.6) is 0 Å². The van der Waals surface area contributed by atoms with Gasteiger partial charge in [0.2, 0.25) is 0 Å². The monoisotopic (exact) mass is 459 g/mol. The van der Waals surface area contributed by atoms with E-state index >= 15 is 0 Å². The molecule has 0 N–H and O–H groups in total. The van der Waals surface area contributed by atoms with Gasteiger partial charge in [-0.3, -0.25) is 9.78 Å². The van der Waals surface area contributed by atoms with Gasteiger partial charge in [-0.1, -0.05) is 0 Å². The maximum Gasteiger partial charge on any atom is 0.417 e. The molecule has 2 saturated heterocycles. The molecule has 0 bridgehead atoms. The Labute approximate surface area is 189 Å². The number of rotatable bonds is 4. The molecule has 1 amide bonds. The molecule has 174 valence electrons. The molecule has 2 fully saturated rings. The van der Waals surface area contributed by atoms with Crippen LogP contribution in [-0.2, 0) is 10.9 Å². The Bertz CT molecular complexity index is 1080. The summed E-state index contributed by atoms with van der Waals surface area (Å²) in [7, 11) is 1.62. The van der Waals surface area contributed by atoms with Crippen LogP contribution in [0, 0.1) is 29.6 Å². The van der Waals surface area contributed by atoms with Gasteiger partial charge in [0.25, 0.3) is 5.91 Å². The van der Waals surface area contributed by atoms with Gasteiger partial charge < -0.3 is 14.5 Å². The molecule has 2 atom stereocenters. The number of aryl methyl sites for hydroxylation is 1. The Morgan fingerprint density at radius 2 is 2.09 bits per heavy atom. The molecule has 1 aromatic heterocycles. The van der Waals surface area contributed by atoms with Crippen LogP contribution in [0.2, 0.25) is 0 Å². The maximum atomic E-state index is 13.4. The van der Waals surface area contributed by atoms with E-state index in [0.29, 0.717) is 50.6 Å². The predicted molar refractivity (Wildman–Crippen MR) is 113 cm³/mol. The van der Waals surface area contributed by atoms with Gasteiger partial charge in [0.1, 0.15) is 5.69 Å². The van der Waals surface area contributed by atoms with Gasteiger partial charge >= 0.3 is 6.18 Å². The number of fused-ring (bicyclic) bond motifs is 1. The van der Waals surface area contributed by atoms with E-state index in [4.69, 9.17) is 10.00 Å². The van der Waals surface area contributed by atoms with E-state index < -0.39 is 17.3 Å². The highest BCUT2D eigenvalue weighted by atomic mass is 19.4. The summed E-state index contributed by atoms with van der Waals surface area (Å²) in [5.41, 5.74) is -0.203. The Morgan fingerprint density at radius 1 is 1.30 bits per heavy atom. The molecule has 0 aliphatic carbocycles. The zero-order valence-electron chi connectivity index (χ0n) is 18.4. The molecule has 2 aliphatic rings. The molecule has 0 radical (unpaired) electrons. The molecule has 0 spiro atoms. The van der Waals surface area contributed by atoms with Crippen LogP contribution in [0.25, 0.3) is 0 Å².